The Labute approximate surface area is 74.6 Å². The molecule has 0 amide bonds. The maximum Gasteiger partial charge on any atom is 0.303 e. The van der Waals surface area contributed by atoms with E-state index in [-0.39, 0.29) is 20.6 Å². The van der Waals surface area contributed by atoms with Gasteiger partial charge in [-0.3, -0.25) is 4.79 Å². The molecule has 1 N–H and O–H groups in total. The minimum atomic E-state index is -0.737. The van der Waals surface area contributed by atoms with Crippen molar-refractivity contribution in [2.24, 2.45) is 0 Å². The van der Waals surface area contributed by atoms with Crippen molar-refractivity contribution >= 4 is 26.6 Å². The van der Waals surface area contributed by atoms with Gasteiger partial charge in [-0.05, 0) is 12.7 Å². The summed E-state index contributed by atoms with van der Waals surface area (Å²) in [7, 11) is -0.122. The molecule has 0 radical (unpaired) electrons. The Bertz CT molecular complexity index is 175. The van der Waals surface area contributed by atoms with Gasteiger partial charge in [0, 0.05) is 11.2 Å². The van der Waals surface area contributed by atoms with Crippen molar-refractivity contribution in [2.45, 2.75) is 31.4 Å². The molecule has 0 aromatic rings. The maximum absolute atomic E-state index is 10.2. The molecule has 4 heteroatoms. The van der Waals surface area contributed by atoms with Gasteiger partial charge in [0.1, 0.15) is 0 Å². The van der Waals surface area contributed by atoms with E-state index in [0.29, 0.717) is 6.42 Å². The van der Waals surface area contributed by atoms with Crippen molar-refractivity contribution in [1.82, 2.24) is 0 Å². The van der Waals surface area contributed by atoms with Crippen molar-refractivity contribution < 1.29 is 9.90 Å². The van der Waals surface area contributed by atoms with Crippen LogP contribution in [0.15, 0.2) is 0 Å². The first-order valence-electron chi connectivity index (χ1n) is 3.41. The summed E-state index contributed by atoms with van der Waals surface area (Å²) >= 11 is 5.10. The highest BCUT2D eigenvalue weighted by Crippen LogP contribution is 2.18. The van der Waals surface area contributed by atoms with E-state index in [9.17, 15) is 4.79 Å². The molecule has 0 aromatic carbocycles. The van der Waals surface area contributed by atoms with E-state index in [0.717, 1.165) is 0 Å². The molecule has 0 bridgehead atoms. The van der Waals surface area contributed by atoms with Gasteiger partial charge in [0.25, 0.3) is 0 Å². The Kier molecular flexibility index (Phi) is 4.18. The molecule has 0 saturated heterocycles. The average molecular weight is 194 g/mol. The van der Waals surface area contributed by atoms with Crippen LogP contribution in [0.25, 0.3) is 0 Å². The molecule has 0 aromatic heterocycles. The van der Waals surface area contributed by atoms with E-state index in [1.807, 2.05) is 20.1 Å². The summed E-state index contributed by atoms with van der Waals surface area (Å²) in [6.07, 6.45) is 2.86. The largest absolute Gasteiger partial charge is 0.481 e. The molecule has 0 heterocycles. The second-order valence-electron chi connectivity index (χ2n) is 3.11. The Hall–Kier alpha value is 0.0400. The molecule has 0 rings (SSSR count). The van der Waals surface area contributed by atoms with Crippen LogP contribution in [0.1, 0.15) is 26.7 Å². The summed E-state index contributed by atoms with van der Waals surface area (Å²) < 4.78 is -0.00623. The lowest BCUT2D eigenvalue weighted by Gasteiger charge is -2.23. The Morgan fingerprint density at radius 3 is 2.36 bits per heavy atom. The summed E-state index contributed by atoms with van der Waals surface area (Å²) in [6.45, 7) is 4.04. The molecular formula is C7H14O2S2. The van der Waals surface area contributed by atoms with Crippen molar-refractivity contribution in [3.05, 3.63) is 0 Å². The van der Waals surface area contributed by atoms with E-state index < -0.39 is 5.97 Å². The molecule has 1 atom stereocenters. The highest BCUT2D eigenvalue weighted by atomic mass is 32.8. The minimum Gasteiger partial charge on any atom is -0.481 e. The van der Waals surface area contributed by atoms with Gasteiger partial charge in [-0.15, -0.1) is 9.45 Å². The molecule has 0 fully saturated rings. The van der Waals surface area contributed by atoms with Gasteiger partial charge in [0.05, 0.1) is 0 Å². The fourth-order valence-electron chi connectivity index (χ4n) is 0.552. The third-order valence-electron chi connectivity index (χ3n) is 1.72. The third kappa shape index (κ3) is 4.48. The van der Waals surface area contributed by atoms with Crippen LogP contribution in [0.3, 0.4) is 0 Å². The number of carboxylic acid groups (broad SMARTS) is 1. The molecule has 0 aliphatic carbocycles. The summed E-state index contributed by atoms with van der Waals surface area (Å²) in [5, 5.41) is 8.43. The second-order valence-corrected chi connectivity index (χ2v) is 6.62. The summed E-state index contributed by atoms with van der Waals surface area (Å²) in [5.41, 5.74) is 0. The molecule has 1 unspecified atom stereocenters. The van der Waals surface area contributed by atoms with Crippen molar-refractivity contribution in [1.29, 1.82) is 0 Å². The summed E-state index contributed by atoms with van der Waals surface area (Å²) in [6, 6.07) is 0. The predicted octanol–water partition coefficient (Wildman–Crippen LogP) is 1.34. The van der Waals surface area contributed by atoms with Crippen LogP contribution in [0.2, 0.25) is 0 Å². The lowest BCUT2D eigenvalue weighted by molar-refractivity contribution is -0.137. The molecule has 2 nitrogen and oxygen atoms in total. The van der Waals surface area contributed by atoms with E-state index in [2.05, 4.69) is 0 Å². The zero-order chi connectivity index (χ0) is 9.07. The number of hydrogen-bond donors (Lipinski definition) is 1. The number of carboxylic acids is 1. The monoisotopic (exact) mass is 194 g/mol. The Morgan fingerprint density at radius 1 is 1.64 bits per heavy atom. The highest BCUT2D eigenvalue weighted by molar-refractivity contribution is 8.29. The highest BCUT2D eigenvalue weighted by Gasteiger charge is 2.20. The first-order chi connectivity index (χ1) is 4.86. The molecule has 0 spiro atoms. The first kappa shape index (κ1) is 11.0. The van der Waals surface area contributed by atoms with E-state index in [1.54, 1.807) is 0 Å². The normalized spacial score (nSPS) is 14.5. The summed E-state index contributed by atoms with van der Waals surface area (Å²) in [5.74, 6) is -0.737. The van der Waals surface area contributed by atoms with Crippen LogP contribution in [-0.2, 0) is 25.4 Å². The lowest BCUT2D eigenvalue weighted by Crippen LogP contribution is -2.25. The predicted molar refractivity (Wildman–Crippen MR) is 51.6 cm³/mol. The number of aliphatic carboxylic acids is 1. The van der Waals surface area contributed by atoms with Crippen LogP contribution in [-0.4, -0.2) is 22.1 Å². The number of carbonyl (C=O) groups is 1. The Balaban J connectivity index is 3.92. The van der Waals surface area contributed by atoms with E-state index in [4.69, 9.17) is 16.3 Å². The zero-order valence-electron chi connectivity index (χ0n) is 7.09. The lowest BCUT2D eigenvalue weighted by atomic mass is 10.1. The fourth-order valence-corrected chi connectivity index (χ4v) is 1.19. The minimum absolute atomic E-state index is 0.00623. The number of rotatable bonds is 4. The first-order valence-corrected chi connectivity index (χ1v) is 5.97. The molecule has 0 aliphatic rings. The number of hydrogen-bond acceptors (Lipinski definition) is 2. The van der Waals surface area contributed by atoms with Crippen molar-refractivity contribution in [3.8, 4) is 0 Å². The van der Waals surface area contributed by atoms with Gasteiger partial charge in [0.15, 0.2) is 0 Å². The smallest absolute Gasteiger partial charge is 0.303 e. The van der Waals surface area contributed by atoms with Gasteiger partial charge in [-0.1, -0.05) is 25.0 Å². The molecule has 0 aliphatic heterocycles. The van der Waals surface area contributed by atoms with E-state index in [1.165, 1.54) is 0 Å². The molecule has 66 valence electrons. The van der Waals surface area contributed by atoms with Crippen LogP contribution in [0, 0.1) is 0 Å². The zero-order valence-corrected chi connectivity index (χ0v) is 8.72. The van der Waals surface area contributed by atoms with Gasteiger partial charge in [-0.25, -0.2) is 0 Å². The topological polar surface area (TPSA) is 37.3 Å². The van der Waals surface area contributed by atoms with Gasteiger partial charge >= 0.3 is 5.97 Å². The average Bonchev–Trinajstić information content (AvgIpc) is 1.84. The fraction of sp³-hybridized carbons (Fsp3) is 0.857. The van der Waals surface area contributed by atoms with Crippen LogP contribution in [0.4, 0.5) is 0 Å². The summed E-state index contributed by atoms with van der Waals surface area (Å²) in [4.78, 5) is 10.2. The third-order valence-corrected chi connectivity index (χ3v) is 4.83. The van der Waals surface area contributed by atoms with E-state index >= 15 is 0 Å². The maximum atomic E-state index is 10.2. The SMILES string of the molecule is CS(=S)C(C)(C)CCC(=O)O. The Morgan fingerprint density at radius 2 is 2.09 bits per heavy atom. The molecule has 0 saturated carbocycles. The molecule has 11 heavy (non-hydrogen) atoms. The van der Waals surface area contributed by atoms with Gasteiger partial charge < -0.3 is 5.11 Å². The molecular weight excluding hydrogens is 180 g/mol. The van der Waals surface area contributed by atoms with Gasteiger partial charge in [-0.2, -0.15) is 0 Å². The standard InChI is InChI=1S/C7H14O2S2/c1-7(2,11(3)10)5-4-6(8)9/h4-5H2,1-3H3,(H,8,9). The quantitative estimate of drug-likeness (QED) is 0.734. The van der Waals surface area contributed by atoms with Crippen LogP contribution in [0.5, 0.6) is 0 Å². The van der Waals surface area contributed by atoms with Crippen molar-refractivity contribution in [2.75, 3.05) is 6.26 Å². The van der Waals surface area contributed by atoms with Gasteiger partial charge in [0.2, 0.25) is 0 Å². The van der Waals surface area contributed by atoms with Crippen molar-refractivity contribution in [3.63, 3.8) is 0 Å². The van der Waals surface area contributed by atoms with Crippen LogP contribution >= 0.6 is 0 Å². The van der Waals surface area contributed by atoms with Crippen LogP contribution < -0.4 is 0 Å². The second kappa shape index (κ2) is 4.16.